The Morgan fingerprint density at radius 3 is 1.84 bits per heavy atom. The van der Waals surface area contributed by atoms with Crippen molar-refractivity contribution < 1.29 is 9.15 Å². The molecule has 12 heterocycles. The molecule has 234 valence electrons. The van der Waals surface area contributed by atoms with Crippen LogP contribution in [-0.2, 0) is 5.91 Å². The summed E-state index contributed by atoms with van der Waals surface area (Å²) in [6.45, 7) is 9.31. The van der Waals surface area contributed by atoms with Crippen molar-refractivity contribution >= 4 is 79.1 Å². The molecule has 1 unspecified atom stereocenters. The number of hydrogen-bond acceptors (Lipinski definition) is 4. The van der Waals surface area contributed by atoms with Gasteiger partial charge in [0, 0.05) is 42.8 Å². The Bertz CT molecular complexity index is 2870. The molecule has 0 amide bonds. The zero-order valence-electron chi connectivity index (χ0n) is 27.2. The van der Waals surface area contributed by atoms with Gasteiger partial charge in [0.05, 0.1) is 44.4 Å². The Morgan fingerprint density at radius 2 is 1.20 bits per heavy atom. The molecule has 0 saturated carbocycles. The van der Waals surface area contributed by atoms with Crippen molar-refractivity contribution in [2.45, 2.75) is 33.6 Å². The van der Waals surface area contributed by atoms with Crippen molar-refractivity contribution in [3.05, 3.63) is 170 Å². The Labute approximate surface area is 298 Å². The molecule has 0 bridgehead atoms. The van der Waals surface area contributed by atoms with Gasteiger partial charge in [0.15, 0.2) is 0 Å². The minimum atomic E-state index is -0.723. The van der Waals surface area contributed by atoms with E-state index >= 15 is 0 Å². The van der Waals surface area contributed by atoms with Crippen molar-refractivity contribution in [1.82, 2.24) is 9.13 Å². The Hall–Kier alpha value is -4.60. The van der Waals surface area contributed by atoms with Gasteiger partial charge in [0.25, 0.3) is 0 Å². The lowest BCUT2D eigenvalue weighted by molar-refractivity contribution is -0.834. The highest BCUT2D eigenvalue weighted by Gasteiger charge is 2.74. The lowest BCUT2D eigenvalue weighted by Gasteiger charge is -2.41. The van der Waals surface area contributed by atoms with Gasteiger partial charge >= 0.3 is 5.91 Å². The number of allylic oxidation sites excluding steroid dienone is 4. The average Bonchev–Trinajstić information content (AvgIpc) is 3.93. The van der Waals surface area contributed by atoms with E-state index in [1.165, 1.54) is 109 Å². The predicted octanol–water partition coefficient (Wildman–Crippen LogP) is 8.07. The van der Waals surface area contributed by atoms with Crippen LogP contribution in [0.25, 0.3) is 22.3 Å². The molecule has 12 rings (SSSR count). The highest BCUT2D eigenvalue weighted by atomic mass is 32.1. The van der Waals surface area contributed by atoms with Crippen LogP contribution in [0, 0.1) is 13.8 Å². The molecule has 0 aliphatic carbocycles. The largest absolute Gasteiger partial charge is 0.554 e. The molecule has 1 atom stereocenters. The molecular formula is C41H28N4S4+2. The van der Waals surface area contributed by atoms with Crippen molar-refractivity contribution in [2.75, 3.05) is 0 Å². The van der Waals surface area contributed by atoms with Crippen LogP contribution in [0.3, 0.4) is 0 Å². The quantitative estimate of drug-likeness (QED) is 0.165. The second-order valence-electron chi connectivity index (χ2n) is 13.6. The van der Waals surface area contributed by atoms with Crippen molar-refractivity contribution in [3.8, 4) is 0 Å². The number of hydrogen-bond donors (Lipinski definition) is 0. The van der Waals surface area contributed by atoms with E-state index in [1.807, 2.05) is 45.3 Å². The highest BCUT2D eigenvalue weighted by molar-refractivity contribution is 7.12. The Morgan fingerprint density at radius 1 is 0.592 bits per heavy atom. The first kappa shape index (κ1) is 27.2. The van der Waals surface area contributed by atoms with Gasteiger partial charge < -0.3 is 0 Å². The van der Waals surface area contributed by atoms with E-state index in [0.29, 0.717) is 0 Å². The van der Waals surface area contributed by atoms with Gasteiger partial charge in [0.1, 0.15) is 0 Å². The van der Waals surface area contributed by atoms with Gasteiger partial charge in [-0.05, 0) is 96.7 Å². The van der Waals surface area contributed by atoms with E-state index in [0.717, 1.165) is 0 Å². The molecular weight excluding hydrogens is 677 g/mol. The van der Waals surface area contributed by atoms with E-state index in [4.69, 9.17) is 0 Å². The molecule has 1 spiro atoms. The van der Waals surface area contributed by atoms with Gasteiger partial charge in [0.2, 0.25) is 22.8 Å². The van der Waals surface area contributed by atoms with Crippen LogP contribution in [0.2, 0.25) is 0 Å². The molecule has 6 aliphatic rings. The summed E-state index contributed by atoms with van der Waals surface area (Å²) in [7, 11) is 0. The van der Waals surface area contributed by atoms with Crippen molar-refractivity contribution in [2.24, 2.45) is 0 Å². The van der Waals surface area contributed by atoms with E-state index in [1.54, 1.807) is 0 Å². The first-order chi connectivity index (χ1) is 24.0. The van der Waals surface area contributed by atoms with Gasteiger partial charge in [-0.1, -0.05) is 33.4 Å². The molecule has 0 N–H and O–H groups in total. The monoisotopic (exact) mass is 704 g/mol. The minimum absolute atomic E-state index is 0.723. The maximum absolute atomic E-state index is 2.74. The van der Waals surface area contributed by atoms with E-state index in [9.17, 15) is 0 Å². The van der Waals surface area contributed by atoms with Gasteiger partial charge in [-0.3, -0.25) is 0 Å². The third kappa shape index (κ3) is 2.93. The lowest BCUT2D eigenvalue weighted by atomic mass is 9.96. The SMILES string of the molecule is CC1=CC2=[N+]3C1=C(c1cccs1)c1cc(C)c4n1C31n3c(cc(C)c3=C2c2cccs2)=C(c2cccs2)C2=[N+]1C(=C4c1cccs1)C=C2C. The van der Waals surface area contributed by atoms with Crippen LogP contribution < -0.4 is 10.7 Å². The van der Waals surface area contributed by atoms with Crippen LogP contribution >= 0.6 is 45.3 Å². The Kier molecular flexibility index (Phi) is 4.97. The van der Waals surface area contributed by atoms with Gasteiger partial charge in [-0.15, -0.1) is 45.3 Å². The number of aromatic nitrogens is 2. The van der Waals surface area contributed by atoms with Crippen LogP contribution in [0.5, 0.6) is 0 Å². The molecule has 0 aromatic carbocycles. The Balaban J connectivity index is 1.42. The summed E-state index contributed by atoms with van der Waals surface area (Å²) in [4.78, 5) is 5.22. The molecule has 4 nitrogen and oxygen atoms in total. The summed E-state index contributed by atoms with van der Waals surface area (Å²) in [5, 5.41) is 11.5. The third-order valence-electron chi connectivity index (χ3n) is 11.0. The summed E-state index contributed by atoms with van der Waals surface area (Å²) < 4.78 is 10.9. The molecule has 6 aromatic rings. The fourth-order valence-electron chi connectivity index (χ4n) is 9.50. The van der Waals surface area contributed by atoms with E-state index < -0.39 is 5.91 Å². The second-order valence-corrected chi connectivity index (χ2v) is 17.4. The number of rotatable bonds is 4. The van der Waals surface area contributed by atoms with Gasteiger partial charge in [-0.2, -0.15) is 9.13 Å². The van der Waals surface area contributed by atoms with Crippen molar-refractivity contribution in [3.63, 3.8) is 0 Å². The van der Waals surface area contributed by atoms with E-state index in [2.05, 4.69) is 140 Å². The normalized spacial score (nSPS) is 21.0. The molecule has 8 heteroatoms. The maximum Gasteiger partial charge on any atom is 0.554 e. The molecule has 6 aliphatic heterocycles. The standard InChI is InChI=1S/C41H28N4S4/c1-21-17-25-34(30-10-6-14-47-30)38-23(3)19-27-36(32-12-8-16-49-32)40-24(4)20-28-35(31-11-7-15-48-31)39-22(2)18-26-33(29-9-5-13-46-29)37(21)42(25)41(43(26)39,44(27)38)45(28)40/h5-20H,1-4H3/q+2. The summed E-state index contributed by atoms with van der Waals surface area (Å²) in [6, 6.07) is 23.0. The maximum atomic E-state index is 2.74. The molecule has 6 aromatic heterocycles. The number of thiophene rings is 4. The van der Waals surface area contributed by atoms with Gasteiger partial charge in [-0.25, -0.2) is 0 Å². The summed E-state index contributed by atoms with van der Waals surface area (Å²) in [5.74, 6) is -0.723. The zero-order chi connectivity index (χ0) is 32.5. The smallest absolute Gasteiger partial charge is 0.198 e. The topological polar surface area (TPSA) is 15.9 Å². The predicted molar refractivity (Wildman–Crippen MR) is 203 cm³/mol. The van der Waals surface area contributed by atoms with Crippen LogP contribution in [0.4, 0.5) is 0 Å². The molecule has 49 heavy (non-hydrogen) atoms. The lowest BCUT2D eigenvalue weighted by Crippen LogP contribution is -2.71. The minimum Gasteiger partial charge on any atom is -0.198 e. The average molecular weight is 705 g/mol. The summed E-state index contributed by atoms with van der Waals surface area (Å²) in [5.41, 5.74) is 18.3. The summed E-state index contributed by atoms with van der Waals surface area (Å²) >= 11 is 7.37. The molecule has 0 radical (unpaired) electrons. The molecule has 0 fully saturated rings. The van der Waals surface area contributed by atoms with Crippen LogP contribution in [-0.4, -0.2) is 29.7 Å². The number of nitrogens with zero attached hydrogens (tertiary/aromatic N) is 4. The second kappa shape index (κ2) is 8.94. The fraction of sp³-hybridized carbons (Fsp3) is 0.122. The molecule has 0 saturated heterocycles. The van der Waals surface area contributed by atoms with Crippen molar-refractivity contribution in [1.29, 1.82) is 0 Å². The number of aryl methyl sites for hydroxylation is 2. The third-order valence-corrected chi connectivity index (χ3v) is 14.6. The zero-order valence-corrected chi connectivity index (χ0v) is 30.4. The van der Waals surface area contributed by atoms with E-state index in [-0.39, 0.29) is 0 Å². The fourth-order valence-corrected chi connectivity index (χ4v) is 12.6. The first-order valence-electron chi connectivity index (χ1n) is 16.6. The van der Waals surface area contributed by atoms with Crippen LogP contribution in [0.15, 0.2) is 117 Å². The highest BCUT2D eigenvalue weighted by Crippen LogP contribution is 2.56. The first-order valence-corrected chi connectivity index (χ1v) is 20.1. The van der Waals surface area contributed by atoms with Crippen LogP contribution in [0.1, 0.15) is 55.9 Å². The summed E-state index contributed by atoms with van der Waals surface area (Å²) in [6.07, 6.45) is 4.96.